The number of rotatable bonds is 10. The summed E-state index contributed by atoms with van der Waals surface area (Å²) in [5.41, 5.74) is 6.82. The van der Waals surface area contributed by atoms with Crippen molar-refractivity contribution >= 4 is 28.5 Å². The van der Waals surface area contributed by atoms with E-state index in [1.165, 1.54) is 0 Å². The molecule has 3 N–H and O–H groups in total. The largest absolute Gasteiger partial charge is 0.493 e. The highest BCUT2D eigenvalue weighted by Gasteiger charge is 2.23. The van der Waals surface area contributed by atoms with Gasteiger partial charge >= 0.3 is 11.9 Å². The third-order valence-electron chi connectivity index (χ3n) is 4.92. The summed E-state index contributed by atoms with van der Waals surface area (Å²) in [6, 6.07) is 3.49. The van der Waals surface area contributed by atoms with Crippen molar-refractivity contribution in [2.75, 3.05) is 25.6 Å². The van der Waals surface area contributed by atoms with E-state index in [9.17, 15) is 9.59 Å². The number of hydrogen-bond donors (Lipinski definition) is 2. The van der Waals surface area contributed by atoms with Crippen LogP contribution in [0.1, 0.15) is 39.5 Å². The number of unbranched alkanes of at least 4 members (excludes halogenated alkanes) is 1. The number of hydrogen-bond acceptors (Lipinski definition) is 9. The lowest BCUT2D eigenvalue weighted by Gasteiger charge is -2.21. The average molecular weight is 444 g/mol. The standard InChI is InChI=1S/C23H29N3O6/c1-4-5-11-30-22-15-12-18-23(32-20(28)9-8-19(27)31-18)26-21(15)16(13-17(22)29-3)25-14(2)7-6-10-24/h8-9,12-14,25H,4-7,10-11,24H2,1-3H3/b9-8+. The van der Waals surface area contributed by atoms with Gasteiger partial charge in [-0.25, -0.2) is 14.6 Å². The molecule has 2 heterocycles. The Bertz CT molecular complexity index is 1020. The number of fused-ring (bicyclic) bond motifs is 2. The quantitative estimate of drug-likeness (QED) is 0.420. The Kier molecular flexibility index (Phi) is 7.88. The molecule has 172 valence electrons. The first-order valence-electron chi connectivity index (χ1n) is 10.7. The van der Waals surface area contributed by atoms with Crippen LogP contribution in [0.15, 0.2) is 24.3 Å². The lowest BCUT2D eigenvalue weighted by molar-refractivity contribution is -0.133. The van der Waals surface area contributed by atoms with Crippen molar-refractivity contribution in [2.45, 2.75) is 45.6 Å². The van der Waals surface area contributed by atoms with Gasteiger partial charge in [0.25, 0.3) is 5.88 Å². The number of methoxy groups -OCH3 is 1. The molecule has 1 aromatic heterocycles. The Labute approximate surface area is 186 Å². The first-order valence-corrected chi connectivity index (χ1v) is 10.7. The lowest BCUT2D eigenvalue weighted by atomic mass is 10.1. The topological polar surface area (TPSA) is 122 Å². The number of nitrogens with one attached hydrogen (secondary N) is 1. The Hall–Kier alpha value is -3.33. The van der Waals surface area contributed by atoms with E-state index in [4.69, 9.17) is 24.7 Å². The minimum Gasteiger partial charge on any atom is -0.493 e. The highest BCUT2D eigenvalue weighted by molar-refractivity contribution is 6.01. The fourth-order valence-electron chi connectivity index (χ4n) is 3.30. The van der Waals surface area contributed by atoms with Crippen molar-refractivity contribution in [3.63, 3.8) is 0 Å². The number of aromatic nitrogens is 1. The van der Waals surface area contributed by atoms with Gasteiger partial charge in [0.2, 0.25) is 0 Å². The van der Waals surface area contributed by atoms with Crippen LogP contribution in [-0.4, -0.2) is 43.2 Å². The molecule has 1 aromatic carbocycles. The molecule has 32 heavy (non-hydrogen) atoms. The molecule has 0 saturated carbocycles. The Morgan fingerprint density at radius 2 is 1.91 bits per heavy atom. The van der Waals surface area contributed by atoms with Crippen LogP contribution in [0, 0.1) is 0 Å². The summed E-state index contributed by atoms with van der Waals surface area (Å²) < 4.78 is 22.2. The zero-order valence-corrected chi connectivity index (χ0v) is 18.6. The number of nitrogens with zero attached hydrogens (tertiary/aromatic N) is 1. The second kappa shape index (κ2) is 10.8. The number of ether oxygens (including phenoxy) is 4. The minimum absolute atomic E-state index is 0.0240. The van der Waals surface area contributed by atoms with Crippen LogP contribution in [0.25, 0.3) is 10.9 Å². The molecule has 1 unspecified atom stereocenters. The minimum atomic E-state index is -0.714. The average Bonchev–Trinajstić information content (AvgIpc) is 2.77. The van der Waals surface area contributed by atoms with Gasteiger partial charge in [-0.05, 0) is 38.8 Å². The van der Waals surface area contributed by atoms with Crippen molar-refractivity contribution in [2.24, 2.45) is 5.73 Å². The molecule has 1 aliphatic heterocycles. The van der Waals surface area contributed by atoms with Crippen LogP contribution >= 0.6 is 0 Å². The molecule has 0 radical (unpaired) electrons. The number of nitrogens with two attached hydrogens (primary N) is 1. The number of pyridine rings is 1. The van der Waals surface area contributed by atoms with Gasteiger partial charge < -0.3 is 30.0 Å². The van der Waals surface area contributed by atoms with Crippen LogP contribution in [0.5, 0.6) is 23.1 Å². The predicted molar refractivity (Wildman–Crippen MR) is 120 cm³/mol. The summed E-state index contributed by atoms with van der Waals surface area (Å²) in [4.78, 5) is 28.5. The maximum Gasteiger partial charge on any atom is 0.337 e. The second-order valence-corrected chi connectivity index (χ2v) is 7.50. The van der Waals surface area contributed by atoms with Crippen LogP contribution in [0.3, 0.4) is 0 Å². The lowest BCUT2D eigenvalue weighted by Crippen LogP contribution is -2.18. The van der Waals surface area contributed by atoms with Crippen LogP contribution < -0.4 is 30.0 Å². The second-order valence-electron chi connectivity index (χ2n) is 7.50. The van der Waals surface area contributed by atoms with Gasteiger partial charge in [-0.3, -0.25) is 0 Å². The Balaban J connectivity index is 2.16. The van der Waals surface area contributed by atoms with E-state index >= 15 is 0 Å². The van der Waals surface area contributed by atoms with Crippen molar-refractivity contribution in [1.82, 2.24) is 4.98 Å². The summed E-state index contributed by atoms with van der Waals surface area (Å²) >= 11 is 0. The van der Waals surface area contributed by atoms with Crippen molar-refractivity contribution < 1.29 is 28.5 Å². The van der Waals surface area contributed by atoms with Gasteiger partial charge in [0, 0.05) is 24.3 Å². The molecular weight excluding hydrogens is 414 g/mol. The number of anilines is 1. The molecule has 0 amide bonds. The summed E-state index contributed by atoms with van der Waals surface area (Å²) in [5, 5.41) is 4.00. The number of carbonyl (C=O) groups is 2. The first kappa shape index (κ1) is 23.3. The summed E-state index contributed by atoms with van der Waals surface area (Å²) in [6.45, 7) is 5.19. The van der Waals surface area contributed by atoms with Gasteiger partial charge in [-0.2, -0.15) is 0 Å². The molecule has 0 bridgehead atoms. The van der Waals surface area contributed by atoms with Crippen molar-refractivity contribution in [3.05, 3.63) is 24.3 Å². The normalized spacial score (nSPS) is 15.1. The molecule has 3 rings (SSSR count). The van der Waals surface area contributed by atoms with Gasteiger partial charge in [0.05, 0.1) is 24.8 Å². The van der Waals surface area contributed by atoms with Crippen molar-refractivity contribution in [3.8, 4) is 23.1 Å². The van der Waals surface area contributed by atoms with E-state index in [0.29, 0.717) is 41.2 Å². The summed E-state index contributed by atoms with van der Waals surface area (Å²) in [5.74, 6) is -0.495. The fraction of sp³-hybridized carbons (Fsp3) is 0.435. The SMILES string of the molecule is CCCCOc1c(OC)cc(NC(C)CCCN)c2nc3c(cc12)OC(=O)/C=C/C(=O)O3. The molecule has 2 aromatic rings. The molecule has 9 nitrogen and oxygen atoms in total. The maximum absolute atomic E-state index is 12.0. The van der Waals surface area contributed by atoms with Crippen LogP contribution in [0.2, 0.25) is 0 Å². The number of esters is 2. The highest BCUT2D eigenvalue weighted by Crippen LogP contribution is 2.44. The first-order chi connectivity index (χ1) is 15.5. The molecule has 1 atom stereocenters. The van der Waals surface area contributed by atoms with E-state index in [-0.39, 0.29) is 17.7 Å². The maximum atomic E-state index is 12.0. The van der Waals surface area contributed by atoms with E-state index in [1.807, 2.05) is 6.92 Å². The summed E-state index contributed by atoms with van der Waals surface area (Å²) in [6.07, 6.45) is 5.55. The highest BCUT2D eigenvalue weighted by atomic mass is 16.6. The van der Waals surface area contributed by atoms with Crippen molar-refractivity contribution in [1.29, 1.82) is 0 Å². The van der Waals surface area contributed by atoms with E-state index in [2.05, 4.69) is 17.2 Å². The summed E-state index contributed by atoms with van der Waals surface area (Å²) in [7, 11) is 1.56. The molecule has 0 saturated heterocycles. The van der Waals surface area contributed by atoms with Gasteiger partial charge in [-0.15, -0.1) is 0 Å². The smallest absolute Gasteiger partial charge is 0.337 e. The van der Waals surface area contributed by atoms with E-state index < -0.39 is 11.9 Å². The third kappa shape index (κ3) is 5.47. The van der Waals surface area contributed by atoms with E-state index in [1.54, 1.807) is 19.2 Å². The Morgan fingerprint density at radius 1 is 1.16 bits per heavy atom. The van der Waals surface area contributed by atoms with Gasteiger partial charge in [0.15, 0.2) is 17.2 Å². The zero-order chi connectivity index (χ0) is 23.1. The predicted octanol–water partition coefficient (Wildman–Crippen LogP) is 3.34. The van der Waals surface area contributed by atoms with Gasteiger partial charge in [-0.1, -0.05) is 13.3 Å². The molecular formula is C23H29N3O6. The van der Waals surface area contributed by atoms with E-state index in [0.717, 1.165) is 37.8 Å². The Morgan fingerprint density at radius 3 is 2.59 bits per heavy atom. The number of carbonyl (C=O) groups excluding carboxylic acids is 2. The molecule has 9 heteroatoms. The molecule has 0 spiro atoms. The van der Waals surface area contributed by atoms with Crippen LogP contribution in [0.4, 0.5) is 5.69 Å². The number of benzene rings is 1. The molecule has 1 aliphatic rings. The van der Waals surface area contributed by atoms with Gasteiger partial charge in [0.1, 0.15) is 5.52 Å². The van der Waals surface area contributed by atoms with Crippen LogP contribution in [-0.2, 0) is 9.59 Å². The fourth-order valence-corrected chi connectivity index (χ4v) is 3.30. The molecule has 0 fully saturated rings. The molecule has 0 aliphatic carbocycles. The monoisotopic (exact) mass is 443 g/mol. The zero-order valence-electron chi connectivity index (χ0n) is 18.6. The third-order valence-corrected chi connectivity index (χ3v) is 4.92.